The van der Waals surface area contributed by atoms with Crippen LogP contribution < -0.4 is 10.9 Å². The molecular weight excluding hydrogens is 374 g/mol. The molecule has 0 aliphatic heterocycles. The average molecular weight is 389 g/mol. The quantitative estimate of drug-likeness (QED) is 0.269. The second-order valence-corrected chi connectivity index (χ2v) is 6.51. The highest BCUT2D eigenvalue weighted by Gasteiger charge is 2.56. The maximum atomic E-state index is 13.2. The maximum Gasteiger partial charge on any atom is 0.330 e. The Labute approximate surface area is 164 Å². The van der Waals surface area contributed by atoms with Gasteiger partial charge in [-0.25, -0.2) is 10.9 Å². The topological polar surface area (TPSA) is 134 Å². The minimum atomic E-state index is -2.31. The van der Waals surface area contributed by atoms with Gasteiger partial charge in [0.25, 0.3) is 5.91 Å². The van der Waals surface area contributed by atoms with Crippen LogP contribution >= 0.6 is 0 Å². The van der Waals surface area contributed by atoms with E-state index in [0.717, 1.165) is 5.01 Å². The Morgan fingerprint density at radius 1 is 0.862 bits per heavy atom. The Kier molecular flexibility index (Phi) is 4.13. The lowest BCUT2D eigenvalue weighted by molar-refractivity contribution is -0.154. The van der Waals surface area contributed by atoms with E-state index in [4.69, 9.17) is 5.84 Å². The summed E-state index contributed by atoms with van der Waals surface area (Å²) >= 11 is 0. The molecule has 4 rings (SSSR count). The summed E-state index contributed by atoms with van der Waals surface area (Å²) in [7, 11) is 0. The maximum absolute atomic E-state index is 13.2. The Morgan fingerprint density at radius 2 is 1.48 bits per heavy atom. The summed E-state index contributed by atoms with van der Waals surface area (Å²) in [5.74, 6) is 2.34. The molecule has 1 aliphatic carbocycles. The normalized spacial score (nSPS) is 13.3. The molecule has 4 N–H and O–H groups in total. The molecular formula is C21H15N3O5. The molecule has 0 unspecified atom stereocenters. The molecule has 1 amide bonds. The van der Waals surface area contributed by atoms with Gasteiger partial charge in [-0.1, -0.05) is 36.4 Å². The van der Waals surface area contributed by atoms with Crippen molar-refractivity contribution in [1.82, 2.24) is 4.98 Å². The van der Waals surface area contributed by atoms with E-state index in [2.05, 4.69) is 4.98 Å². The number of carbonyl (C=O) groups is 3. The Bertz CT molecular complexity index is 1150. The molecule has 0 radical (unpaired) electrons. The van der Waals surface area contributed by atoms with Crippen molar-refractivity contribution in [2.75, 3.05) is 5.01 Å². The zero-order valence-electron chi connectivity index (χ0n) is 14.9. The van der Waals surface area contributed by atoms with E-state index in [-0.39, 0.29) is 22.3 Å². The lowest BCUT2D eigenvalue weighted by Gasteiger charge is -2.22. The molecule has 0 fully saturated rings. The third-order valence-electron chi connectivity index (χ3n) is 5.10. The standard InChI is InChI=1S/C21H15N3O5/c22-24(12-8-10-23-11-9-12)18(25)14-5-3-7-16-17(14)13-4-1-2-6-15(13)21(16,19(26)27)20(28)29/h1-11H,22H2,(H,26,27)(H,28,29). The Balaban J connectivity index is 1.98. The van der Waals surface area contributed by atoms with Gasteiger partial charge in [0.2, 0.25) is 5.41 Å². The largest absolute Gasteiger partial charge is 0.480 e. The SMILES string of the molecule is NN(C(=O)c1cccc2c1-c1ccccc1C2(C(=O)O)C(=O)O)c1ccncc1. The molecule has 1 aromatic heterocycles. The van der Waals surface area contributed by atoms with Gasteiger partial charge in [0.15, 0.2) is 0 Å². The van der Waals surface area contributed by atoms with E-state index >= 15 is 0 Å². The van der Waals surface area contributed by atoms with Crippen molar-refractivity contribution in [3.63, 3.8) is 0 Å². The van der Waals surface area contributed by atoms with Crippen LogP contribution in [0.4, 0.5) is 5.69 Å². The lowest BCUT2D eigenvalue weighted by Crippen LogP contribution is -2.43. The van der Waals surface area contributed by atoms with Gasteiger partial charge in [0.05, 0.1) is 5.69 Å². The molecule has 0 saturated carbocycles. The number of anilines is 1. The highest BCUT2D eigenvalue weighted by Crippen LogP contribution is 2.50. The van der Waals surface area contributed by atoms with Gasteiger partial charge in [0.1, 0.15) is 0 Å². The molecule has 0 atom stereocenters. The summed E-state index contributed by atoms with van der Waals surface area (Å²) in [6.45, 7) is 0. The summed E-state index contributed by atoms with van der Waals surface area (Å²) in [4.78, 5) is 41.5. The second-order valence-electron chi connectivity index (χ2n) is 6.51. The number of nitrogens with zero attached hydrogens (tertiary/aromatic N) is 2. The summed E-state index contributed by atoms with van der Waals surface area (Å²) in [5.41, 5.74) is -1.06. The summed E-state index contributed by atoms with van der Waals surface area (Å²) in [6, 6.07) is 13.8. The van der Waals surface area contributed by atoms with Gasteiger partial charge >= 0.3 is 11.9 Å². The highest BCUT2D eigenvalue weighted by atomic mass is 16.4. The fourth-order valence-electron chi connectivity index (χ4n) is 3.81. The van der Waals surface area contributed by atoms with Crippen molar-refractivity contribution < 1.29 is 24.6 Å². The van der Waals surface area contributed by atoms with Crippen molar-refractivity contribution in [1.29, 1.82) is 0 Å². The minimum absolute atomic E-state index is 0.0210. The van der Waals surface area contributed by atoms with Gasteiger partial charge in [0, 0.05) is 23.5 Å². The zero-order chi connectivity index (χ0) is 20.8. The predicted molar refractivity (Wildman–Crippen MR) is 103 cm³/mol. The van der Waals surface area contributed by atoms with Crippen LogP contribution in [0.15, 0.2) is 67.0 Å². The summed E-state index contributed by atoms with van der Waals surface area (Å²) in [5, 5.41) is 20.8. The average Bonchev–Trinajstić information content (AvgIpc) is 3.05. The van der Waals surface area contributed by atoms with E-state index in [1.54, 1.807) is 30.3 Å². The van der Waals surface area contributed by atoms with Crippen molar-refractivity contribution >= 4 is 23.5 Å². The number of amides is 1. The van der Waals surface area contributed by atoms with Crippen molar-refractivity contribution in [2.24, 2.45) is 5.84 Å². The first kappa shape index (κ1) is 18.3. The molecule has 8 heteroatoms. The van der Waals surface area contributed by atoms with Crippen LogP contribution in [0.25, 0.3) is 11.1 Å². The lowest BCUT2D eigenvalue weighted by atomic mass is 9.78. The molecule has 29 heavy (non-hydrogen) atoms. The number of aliphatic carboxylic acids is 2. The van der Waals surface area contributed by atoms with Crippen LogP contribution in [0.3, 0.4) is 0 Å². The number of aromatic nitrogens is 1. The highest BCUT2D eigenvalue weighted by molar-refractivity contribution is 6.18. The Morgan fingerprint density at radius 3 is 2.14 bits per heavy atom. The first-order valence-corrected chi connectivity index (χ1v) is 8.60. The number of benzene rings is 2. The van der Waals surface area contributed by atoms with Crippen LogP contribution in [-0.4, -0.2) is 33.0 Å². The fraction of sp³-hybridized carbons (Fsp3) is 0.0476. The van der Waals surface area contributed by atoms with Crippen molar-refractivity contribution in [3.8, 4) is 11.1 Å². The van der Waals surface area contributed by atoms with E-state index in [1.807, 2.05) is 0 Å². The van der Waals surface area contributed by atoms with E-state index in [9.17, 15) is 24.6 Å². The van der Waals surface area contributed by atoms with Gasteiger partial charge in [-0.05, 0) is 34.9 Å². The van der Waals surface area contributed by atoms with Gasteiger partial charge in [-0.3, -0.25) is 19.4 Å². The summed E-state index contributed by atoms with van der Waals surface area (Å²) < 4.78 is 0. The number of hydrogen-bond acceptors (Lipinski definition) is 5. The van der Waals surface area contributed by atoms with Crippen LogP contribution in [0.5, 0.6) is 0 Å². The van der Waals surface area contributed by atoms with Crippen LogP contribution in [-0.2, 0) is 15.0 Å². The molecule has 1 aliphatic rings. The predicted octanol–water partition coefficient (Wildman–Crippen LogP) is 2.04. The van der Waals surface area contributed by atoms with Crippen molar-refractivity contribution in [3.05, 3.63) is 83.7 Å². The number of carboxylic acids is 2. The van der Waals surface area contributed by atoms with E-state index in [1.165, 1.54) is 36.7 Å². The number of nitrogens with two attached hydrogens (primary N) is 1. The minimum Gasteiger partial charge on any atom is -0.480 e. The molecule has 0 bridgehead atoms. The second kappa shape index (κ2) is 6.54. The number of fused-ring (bicyclic) bond motifs is 3. The van der Waals surface area contributed by atoms with Crippen molar-refractivity contribution in [2.45, 2.75) is 5.41 Å². The zero-order valence-corrected chi connectivity index (χ0v) is 14.9. The third-order valence-corrected chi connectivity index (χ3v) is 5.10. The molecule has 0 spiro atoms. The van der Waals surface area contributed by atoms with Crippen LogP contribution in [0.1, 0.15) is 21.5 Å². The van der Waals surface area contributed by atoms with Gasteiger partial charge < -0.3 is 10.2 Å². The fourth-order valence-corrected chi connectivity index (χ4v) is 3.81. The van der Waals surface area contributed by atoms with Crippen LogP contribution in [0.2, 0.25) is 0 Å². The van der Waals surface area contributed by atoms with E-state index in [0.29, 0.717) is 11.3 Å². The monoisotopic (exact) mass is 389 g/mol. The number of rotatable bonds is 4. The van der Waals surface area contributed by atoms with Gasteiger partial charge in [-0.15, -0.1) is 0 Å². The van der Waals surface area contributed by atoms with Gasteiger partial charge in [-0.2, -0.15) is 0 Å². The first-order chi connectivity index (χ1) is 13.9. The number of pyridine rings is 1. The van der Waals surface area contributed by atoms with Crippen LogP contribution in [0, 0.1) is 0 Å². The Hall–Kier alpha value is -4.04. The number of hydrazine groups is 1. The first-order valence-electron chi connectivity index (χ1n) is 8.60. The molecule has 3 aromatic rings. The molecule has 1 heterocycles. The smallest absolute Gasteiger partial charge is 0.330 e. The molecule has 0 saturated heterocycles. The van der Waals surface area contributed by atoms with E-state index < -0.39 is 23.3 Å². The molecule has 8 nitrogen and oxygen atoms in total. The summed E-state index contributed by atoms with van der Waals surface area (Å²) in [6.07, 6.45) is 2.96. The number of carboxylic acid groups (broad SMARTS) is 2. The number of carbonyl (C=O) groups excluding carboxylic acids is 1. The third kappa shape index (κ3) is 2.43. The molecule has 2 aromatic carbocycles. The molecule has 144 valence electrons. The number of hydrogen-bond donors (Lipinski definition) is 3.